The molecule has 0 aromatic heterocycles. The molecule has 0 unspecified atom stereocenters. The molecule has 0 aromatic rings. The van der Waals surface area contributed by atoms with Crippen molar-refractivity contribution in [3.63, 3.8) is 0 Å². The van der Waals surface area contributed by atoms with Crippen molar-refractivity contribution >= 4 is 11.9 Å². The fourth-order valence-corrected chi connectivity index (χ4v) is 1.58. The molecule has 1 amide bonds. The lowest BCUT2D eigenvalue weighted by Crippen LogP contribution is -2.56. The van der Waals surface area contributed by atoms with Crippen LogP contribution in [0.1, 0.15) is 19.8 Å². The van der Waals surface area contributed by atoms with Gasteiger partial charge in [0.05, 0.1) is 5.41 Å². The predicted molar refractivity (Wildman–Crippen MR) is 42.9 cm³/mol. The molecule has 0 aliphatic heterocycles. The van der Waals surface area contributed by atoms with Gasteiger partial charge in [-0.15, -0.1) is 0 Å². The third kappa shape index (κ3) is 2.00. The summed E-state index contributed by atoms with van der Waals surface area (Å²) in [7, 11) is 0. The zero-order valence-electron chi connectivity index (χ0n) is 7.64. The maximum absolute atomic E-state index is 12.5. The number of hydrogen-bond acceptors (Lipinski definition) is 2. The van der Waals surface area contributed by atoms with E-state index in [2.05, 4.69) is 5.32 Å². The van der Waals surface area contributed by atoms with Gasteiger partial charge in [0.25, 0.3) is 5.92 Å². The number of hydrogen-bond donors (Lipinski definition) is 2. The van der Waals surface area contributed by atoms with Crippen molar-refractivity contribution in [3.8, 4) is 0 Å². The van der Waals surface area contributed by atoms with E-state index in [1.54, 1.807) is 0 Å². The van der Waals surface area contributed by atoms with Crippen LogP contribution < -0.4 is 5.32 Å². The molecule has 0 heterocycles. The molecule has 14 heavy (non-hydrogen) atoms. The summed E-state index contributed by atoms with van der Waals surface area (Å²) >= 11 is 0. The maximum atomic E-state index is 12.5. The minimum absolute atomic E-state index is 0.229. The predicted octanol–water partition coefficient (Wildman–Crippen LogP) is 0.623. The van der Waals surface area contributed by atoms with E-state index in [1.807, 2.05) is 0 Å². The van der Waals surface area contributed by atoms with E-state index in [1.165, 1.54) is 6.92 Å². The molecule has 80 valence electrons. The summed E-state index contributed by atoms with van der Waals surface area (Å²) in [5, 5.41) is 11.0. The first-order valence-corrected chi connectivity index (χ1v) is 4.13. The summed E-state index contributed by atoms with van der Waals surface area (Å²) in [4.78, 5) is 21.2. The lowest BCUT2D eigenvalue weighted by Gasteiger charge is -2.43. The van der Waals surface area contributed by atoms with Crippen molar-refractivity contribution in [2.45, 2.75) is 25.7 Å². The molecule has 4 nitrogen and oxygen atoms in total. The second kappa shape index (κ2) is 3.18. The van der Waals surface area contributed by atoms with Crippen LogP contribution in [0.15, 0.2) is 0 Å². The Bertz CT molecular complexity index is 270. The Kier molecular flexibility index (Phi) is 2.47. The van der Waals surface area contributed by atoms with Crippen molar-refractivity contribution in [3.05, 3.63) is 0 Å². The average molecular weight is 207 g/mol. The average Bonchev–Trinajstić information content (AvgIpc) is 1.95. The van der Waals surface area contributed by atoms with Crippen LogP contribution in [0.2, 0.25) is 0 Å². The third-order valence-corrected chi connectivity index (χ3v) is 2.32. The van der Waals surface area contributed by atoms with Gasteiger partial charge in [-0.1, -0.05) is 0 Å². The number of carbonyl (C=O) groups is 2. The third-order valence-electron chi connectivity index (χ3n) is 2.32. The highest BCUT2D eigenvalue weighted by Gasteiger charge is 2.61. The van der Waals surface area contributed by atoms with Crippen LogP contribution in [-0.4, -0.2) is 29.5 Å². The quantitative estimate of drug-likeness (QED) is 0.713. The minimum atomic E-state index is -2.91. The molecule has 1 aliphatic carbocycles. The summed E-state index contributed by atoms with van der Waals surface area (Å²) in [5.41, 5.74) is -1.48. The highest BCUT2D eigenvalue weighted by molar-refractivity contribution is 5.79. The highest BCUT2D eigenvalue weighted by atomic mass is 19.3. The zero-order valence-corrected chi connectivity index (χ0v) is 7.64. The van der Waals surface area contributed by atoms with Gasteiger partial charge in [-0.3, -0.25) is 9.59 Å². The van der Waals surface area contributed by atoms with E-state index in [0.29, 0.717) is 0 Å². The molecule has 0 radical (unpaired) electrons. The van der Waals surface area contributed by atoms with Crippen LogP contribution >= 0.6 is 0 Å². The Morgan fingerprint density at radius 3 is 2.21 bits per heavy atom. The summed E-state index contributed by atoms with van der Waals surface area (Å²) in [5.74, 6) is -4.60. The Hall–Kier alpha value is -1.20. The normalized spacial score (nSPS) is 22.2. The first kappa shape index (κ1) is 10.9. The number of rotatable bonds is 3. The van der Waals surface area contributed by atoms with Gasteiger partial charge in [0.15, 0.2) is 0 Å². The van der Waals surface area contributed by atoms with Crippen molar-refractivity contribution < 1.29 is 23.5 Å². The molecule has 2 N–H and O–H groups in total. The Morgan fingerprint density at radius 2 is 1.93 bits per heavy atom. The van der Waals surface area contributed by atoms with Gasteiger partial charge in [-0.25, -0.2) is 8.78 Å². The molecule has 0 bridgehead atoms. The van der Waals surface area contributed by atoms with Crippen molar-refractivity contribution in [2.75, 3.05) is 6.54 Å². The highest BCUT2D eigenvalue weighted by Crippen LogP contribution is 2.51. The number of nitrogens with one attached hydrogen (secondary N) is 1. The molecule has 0 aromatic carbocycles. The van der Waals surface area contributed by atoms with E-state index < -0.39 is 36.1 Å². The lowest BCUT2D eigenvalue weighted by atomic mass is 9.66. The maximum Gasteiger partial charge on any atom is 0.311 e. The molecule has 0 saturated heterocycles. The van der Waals surface area contributed by atoms with Gasteiger partial charge in [0.2, 0.25) is 5.91 Å². The van der Waals surface area contributed by atoms with Crippen molar-refractivity contribution in [2.24, 2.45) is 5.41 Å². The Morgan fingerprint density at radius 1 is 1.43 bits per heavy atom. The summed E-state index contributed by atoms with van der Waals surface area (Å²) in [6, 6.07) is 0. The summed E-state index contributed by atoms with van der Waals surface area (Å²) < 4.78 is 25.1. The van der Waals surface area contributed by atoms with Gasteiger partial charge >= 0.3 is 5.97 Å². The van der Waals surface area contributed by atoms with E-state index in [4.69, 9.17) is 5.11 Å². The smallest absolute Gasteiger partial charge is 0.311 e. The fraction of sp³-hybridized carbons (Fsp3) is 0.750. The second-order valence-corrected chi connectivity index (χ2v) is 3.70. The largest absolute Gasteiger partial charge is 0.481 e. The van der Waals surface area contributed by atoms with Gasteiger partial charge in [-0.2, -0.15) is 0 Å². The Balaban J connectivity index is 2.59. The number of carbonyl (C=O) groups excluding carboxylic acids is 1. The second-order valence-electron chi connectivity index (χ2n) is 3.70. The summed E-state index contributed by atoms with van der Waals surface area (Å²) in [6.45, 7) is 0.986. The van der Waals surface area contributed by atoms with E-state index in [-0.39, 0.29) is 6.54 Å². The Labute approximate surface area is 79.3 Å². The van der Waals surface area contributed by atoms with Crippen LogP contribution in [0.25, 0.3) is 0 Å². The van der Waals surface area contributed by atoms with Crippen LogP contribution in [-0.2, 0) is 9.59 Å². The number of alkyl halides is 2. The molecule has 0 atom stereocenters. The van der Waals surface area contributed by atoms with Crippen LogP contribution in [0.4, 0.5) is 8.78 Å². The molecule has 1 saturated carbocycles. The van der Waals surface area contributed by atoms with Gasteiger partial charge < -0.3 is 10.4 Å². The number of carboxylic acid groups (broad SMARTS) is 1. The zero-order chi connectivity index (χ0) is 11.0. The lowest BCUT2D eigenvalue weighted by molar-refractivity contribution is -0.192. The molecule has 1 aliphatic rings. The molecular weight excluding hydrogens is 196 g/mol. The number of aliphatic carboxylic acids is 1. The monoisotopic (exact) mass is 207 g/mol. The first-order valence-electron chi connectivity index (χ1n) is 4.13. The van der Waals surface area contributed by atoms with E-state index >= 15 is 0 Å². The molecular formula is C8H11F2NO3. The van der Waals surface area contributed by atoms with Crippen molar-refractivity contribution in [1.82, 2.24) is 5.32 Å². The number of carboxylic acids is 1. The molecule has 6 heteroatoms. The van der Waals surface area contributed by atoms with E-state index in [0.717, 1.165) is 0 Å². The summed E-state index contributed by atoms with van der Waals surface area (Å²) in [6.07, 6.45) is -1.40. The van der Waals surface area contributed by atoms with Gasteiger partial charge in [0, 0.05) is 26.3 Å². The molecule has 1 rings (SSSR count). The standard InChI is InChI=1S/C8H11F2NO3/c1-5(12)11-4-7(6(13)14)2-8(9,10)3-7/h2-4H2,1H3,(H,11,12)(H,13,14). The molecule has 1 fully saturated rings. The van der Waals surface area contributed by atoms with Crippen molar-refractivity contribution in [1.29, 1.82) is 0 Å². The van der Waals surface area contributed by atoms with Gasteiger partial charge in [-0.05, 0) is 0 Å². The first-order chi connectivity index (χ1) is 6.27. The molecule has 0 spiro atoms. The topological polar surface area (TPSA) is 66.4 Å². The number of amides is 1. The SMILES string of the molecule is CC(=O)NCC1(C(=O)O)CC(F)(F)C1. The van der Waals surface area contributed by atoms with Crippen LogP contribution in [0.3, 0.4) is 0 Å². The van der Waals surface area contributed by atoms with Crippen LogP contribution in [0.5, 0.6) is 0 Å². The number of halogens is 2. The van der Waals surface area contributed by atoms with Gasteiger partial charge in [0.1, 0.15) is 0 Å². The fourth-order valence-electron chi connectivity index (χ4n) is 1.58. The van der Waals surface area contributed by atoms with E-state index in [9.17, 15) is 18.4 Å². The minimum Gasteiger partial charge on any atom is -0.481 e. The van der Waals surface area contributed by atoms with Crippen LogP contribution in [0, 0.1) is 5.41 Å².